The Kier molecular flexibility index (Phi) is 5.82. The Balaban J connectivity index is 2.19. The Morgan fingerprint density at radius 1 is 1.25 bits per heavy atom. The van der Waals surface area contributed by atoms with Gasteiger partial charge >= 0.3 is 5.97 Å². The van der Waals surface area contributed by atoms with Crippen LogP contribution in [-0.4, -0.2) is 32.3 Å². The number of carboxylic acids is 1. The Morgan fingerprint density at radius 2 is 2.00 bits per heavy atom. The summed E-state index contributed by atoms with van der Waals surface area (Å²) in [6.45, 7) is 3.66. The minimum Gasteiger partial charge on any atom is -0.477 e. The van der Waals surface area contributed by atoms with Gasteiger partial charge in [0.25, 0.3) is 0 Å². The zero-order valence-corrected chi connectivity index (χ0v) is 16.3. The molecule has 2 aromatic heterocycles. The van der Waals surface area contributed by atoms with Gasteiger partial charge in [0, 0.05) is 23.3 Å². The van der Waals surface area contributed by atoms with Crippen molar-refractivity contribution in [2.45, 2.75) is 26.3 Å². The molecule has 0 saturated heterocycles. The highest BCUT2D eigenvalue weighted by atomic mass is 35.5. The summed E-state index contributed by atoms with van der Waals surface area (Å²) in [5.74, 6) is -1.29. The summed E-state index contributed by atoms with van der Waals surface area (Å²) in [4.78, 5) is 28.8. The van der Waals surface area contributed by atoms with Crippen LogP contribution in [0.1, 0.15) is 41.5 Å². The summed E-state index contributed by atoms with van der Waals surface area (Å²) in [6.07, 6.45) is 1.76. The smallest absolute Gasteiger partial charge is 0.341 e. The average molecular weight is 401 g/mol. The Labute approximate surface area is 167 Å². The number of benzene rings is 1. The number of hydrogen-bond acceptors (Lipinski definition) is 4. The van der Waals surface area contributed by atoms with Gasteiger partial charge in [0.2, 0.25) is 5.43 Å². The van der Waals surface area contributed by atoms with Crippen molar-refractivity contribution >= 4 is 28.6 Å². The van der Waals surface area contributed by atoms with Crippen LogP contribution < -0.4 is 5.43 Å². The second-order valence-corrected chi connectivity index (χ2v) is 7.49. The molecule has 6 nitrogen and oxygen atoms in total. The first-order chi connectivity index (χ1) is 13.3. The first kappa shape index (κ1) is 20.0. The van der Waals surface area contributed by atoms with Crippen molar-refractivity contribution in [1.29, 1.82) is 0 Å². The largest absolute Gasteiger partial charge is 0.477 e. The Bertz CT molecular complexity index is 1090. The van der Waals surface area contributed by atoms with Crippen molar-refractivity contribution in [3.05, 3.63) is 74.7 Å². The number of aromatic nitrogens is 2. The summed E-state index contributed by atoms with van der Waals surface area (Å²) in [5.41, 5.74) is 1.15. The SMILES string of the molecule is CC(C)[C@@H](CO)n1cc(C(=O)O)c(=O)c2nc(Cc3cccc(Cl)c3)ccc21. The monoisotopic (exact) mass is 400 g/mol. The molecule has 0 aliphatic carbocycles. The number of halogens is 1. The molecule has 146 valence electrons. The molecule has 0 saturated carbocycles. The predicted octanol–water partition coefficient (Wildman–Crippen LogP) is 3.53. The summed E-state index contributed by atoms with van der Waals surface area (Å²) in [7, 11) is 0. The molecule has 3 rings (SSSR count). The summed E-state index contributed by atoms with van der Waals surface area (Å²) >= 11 is 6.03. The zero-order valence-electron chi connectivity index (χ0n) is 15.6. The van der Waals surface area contributed by atoms with E-state index in [1.807, 2.05) is 32.0 Å². The third-order valence-electron chi connectivity index (χ3n) is 4.76. The van der Waals surface area contributed by atoms with E-state index >= 15 is 0 Å². The van der Waals surface area contributed by atoms with E-state index < -0.39 is 11.4 Å². The summed E-state index contributed by atoms with van der Waals surface area (Å²) in [6, 6.07) is 10.5. The third kappa shape index (κ3) is 3.93. The molecule has 0 unspecified atom stereocenters. The quantitative estimate of drug-likeness (QED) is 0.660. The lowest BCUT2D eigenvalue weighted by molar-refractivity contribution is 0.0694. The molecule has 28 heavy (non-hydrogen) atoms. The third-order valence-corrected chi connectivity index (χ3v) is 4.99. The summed E-state index contributed by atoms with van der Waals surface area (Å²) in [5, 5.41) is 19.9. The van der Waals surface area contributed by atoms with Gasteiger partial charge in [-0.1, -0.05) is 37.6 Å². The molecule has 0 aliphatic heterocycles. The van der Waals surface area contributed by atoms with Gasteiger partial charge in [0.05, 0.1) is 18.2 Å². The first-order valence-corrected chi connectivity index (χ1v) is 9.33. The second-order valence-electron chi connectivity index (χ2n) is 7.06. The van der Waals surface area contributed by atoms with Crippen molar-refractivity contribution in [3.63, 3.8) is 0 Å². The van der Waals surface area contributed by atoms with Crippen molar-refractivity contribution < 1.29 is 15.0 Å². The van der Waals surface area contributed by atoms with Gasteiger partial charge in [0.1, 0.15) is 11.1 Å². The maximum Gasteiger partial charge on any atom is 0.341 e. The highest BCUT2D eigenvalue weighted by molar-refractivity contribution is 6.30. The molecule has 2 heterocycles. The number of aliphatic hydroxyl groups excluding tert-OH is 1. The zero-order chi connectivity index (χ0) is 20.4. The second kappa shape index (κ2) is 8.12. The number of hydrogen-bond donors (Lipinski definition) is 2. The van der Waals surface area contributed by atoms with Gasteiger partial charge in [-0.2, -0.15) is 0 Å². The Hall–Kier alpha value is -2.70. The van der Waals surface area contributed by atoms with Crippen LogP contribution in [0.5, 0.6) is 0 Å². The van der Waals surface area contributed by atoms with Crippen LogP contribution >= 0.6 is 11.6 Å². The molecule has 0 fully saturated rings. The van der Waals surface area contributed by atoms with Crippen LogP contribution in [0.4, 0.5) is 0 Å². The molecule has 2 N–H and O–H groups in total. The lowest BCUT2D eigenvalue weighted by Gasteiger charge is -2.24. The first-order valence-electron chi connectivity index (χ1n) is 8.95. The average Bonchev–Trinajstić information content (AvgIpc) is 2.63. The molecular weight excluding hydrogens is 380 g/mol. The van der Waals surface area contributed by atoms with Crippen molar-refractivity contribution in [2.24, 2.45) is 5.92 Å². The van der Waals surface area contributed by atoms with Crippen LogP contribution in [-0.2, 0) is 6.42 Å². The molecular formula is C21H21ClN2O4. The molecule has 0 radical (unpaired) electrons. The minimum absolute atomic E-state index is 0.0310. The van der Waals surface area contributed by atoms with E-state index in [1.165, 1.54) is 6.20 Å². The topological polar surface area (TPSA) is 92.4 Å². The van der Waals surface area contributed by atoms with E-state index in [0.29, 0.717) is 22.7 Å². The number of fused-ring (bicyclic) bond motifs is 1. The van der Waals surface area contributed by atoms with Gasteiger partial charge in [-0.15, -0.1) is 0 Å². The molecule has 0 spiro atoms. The number of carbonyl (C=O) groups is 1. The normalized spacial score (nSPS) is 12.5. The van der Waals surface area contributed by atoms with Crippen LogP contribution in [0.15, 0.2) is 47.4 Å². The van der Waals surface area contributed by atoms with Gasteiger partial charge in [-0.3, -0.25) is 4.79 Å². The number of aromatic carboxylic acids is 1. The van der Waals surface area contributed by atoms with Crippen molar-refractivity contribution in [1.82, 2.24) is 9.55 Å². The van der Waals surface area contributed by atoms with E-state index in [2.05, 4.69) is 4.98 Å². The van der Waals surface area contributed by atoms with Crippen molar-refractivity contribution in [3.8, 4) is 0 Å². The van der Waals surface area contributed by atoms with E-state index in [0.717, 1.165) is 5.56 Å². The molecule has 0 bridgehead atoms. The van der Waals surface area contributed by atoms with Crippen LogP contribution in [0, 0.1) is 5.92 Å². The maximum absolute atomic E-state index is 12.7. The van der Waals surface area contributed by atoms with Gasteiger partial charge in [-0.25, -0.2) is 9.78 Å². The molecule has 0 aliphatic rings. The van der Waals surface area contributed by atoms with Crippen LogP contribution in [0.2, 0.25) is 5.02 Å². The minimum atomic E-state index is -1.32. The molecule has 3 aromatic rings. The van der Waals surface area contributed by atoms with Crippen LogP contribution in [0.25, 0.3) is 11.0 Å². The Morgan fingerprint density at radius 3 is 2.61 bits per heavy atom. The fourth-order valence-corrected chi connectivity index (χ4v) is 3.48. The molecule has 1 aromatic carbocycles. The number of rotatable bonds is 6. The van der Waals surface area contributed by atoms with Crippen LogP contribution in [0.3, 0.4) is 0 Å². The number of carboxylic acid groups (broad SMARTS) is 1. The number of nitrogens with zero attached hydrogens (tertiary/aromatic N) is 2. The lowest BCUT2D eigenvalue weighted by atomic mass is 10.0. The van der Waals surface area contributed by atoms with E-state index in [1.54, 1.807) is 22.8 Å². The number of pyridine rings is 2. The fraction of sp³-hybridized carbons (Fsp3) is 0.286. The van der Waals surface area contributed by atoms with E-state index in [9.17, 15) is 19.8 Å². The molecule has 7 heteroatoms. The van der Waals surface area contributed by atoms with Gasteiger partial charge in [0.15, 0.2) is 0 Å². The fourth-order valence-electron chi connectivity index (χ4n) is 3.26. The van der Waals surface area contributed by atoms with Gasteiger partial charge < -0.3 is 14.8 Å². The summed E-state index contributed by atoms with van der Waals surface area (Å²) < 4.78 is 1.64. The predicted molar refractivity (Wildman–Crippen MR) is 108 cm³/mol. The standard InChI is InChI=1S/C21H21ClN2O4/c1-12(2)18(11-25)24-10-16(21(27)28)20(26)19-17(24)7-6-15(23-19)9-13-4-3-5-14(22)8-13/h3-8,10,12,18,25H,9,11H2,1-2H3,(H,27,28)/t18-/m1/s1. The van der Waals surface area contributed by atoms with Crippen molar-refractivity contribution in [2.75, 3.05) is 6.61 Å². The molecule has 1 atom stereocenters. The highest BCUT2D eigenvalue weighted by Crippen LogP contribution is 2.23. The van der Waals surface area contributed by atoms with Gasteiger partial charge in [-0.05, 0) is 35.7 Å². The van der Waals surface area contributed by atoms with E-state index in [4.69, 9.17) is 11.6 Å². The highest BCUT2D eigenvalue weighted by Gasteiger charge is 2.22. The van der Waals surface area contributed by atoms with E-state index in [-0.39, 0.29) is 29.6 Å². The lowest BCUT2D eigenvalue weighted by Crippen LogP contribution is -2.26. The molecule has 0 amide bonds. The maximum atomic E-state index is 12.7. The number of aliphatic hydroxyl groups is 1.